The Labute approximate surface area is 305 Å². The molecule has 0 spiro atoms. The number of nitrogens with one attached hydrogen (secondary N) is 1. The number of hydrogen-bond acceptors (Lipinski definition) is 12. The number of nitrogens with zero attached hydrogens (tertiary/aromatic N) is 5. The van der Waals surface area contributed by atoms with Crippen molar-refractivity contribution < 1.29 is 26.3 Å². The van der Waals surface area contributed by atoms with Gasteiger partial charge < -0.3 is 23.6 Å². The molecule has 0 saturated carbocycles. The van der Waals surface area contributed by atoms with Crippen molar-refractivity contribution in [2.24, 2.45) is 0 Å². The third kappa shape index (κ3) is 12.6. The van der Waals surface area contributed by atoms with Gasteiger partial charge in [-0.2, -0.15) is 0 Å². The second-order valence-corrected chi connectivity index (χ2v) is 15.2. The maximum absolute atomic E-state index is 12.3. The van der Waals surface area contributed by atoms with E-state index < -0.39 is 35.8 Å². The Hall–Kier alpha value is -5.13. The van der Waals surface area contributed by atoms with E-state index in [-0.39, 0.29) is 28.7 Å². The largest absolute Gasteiger partial charge is 0.497 e. The first-order chi connectivity index (χ1) is 24.8. The van der Waals surface area contributed by atoms with Crippen molar-refractivity contribution in [2.45, 2.75) is 49.8 Å². The van der Waals surface area contributed by atoms with Gasteiger partial charge in [0.2, 0.25) is 29.7 Å². The van der Waals surface area contributed by atoms with Gasteiger partial charge in [0.05, 0.1) is 24.8 Å². The third-order valence-electron chi connectivity index (χ3n) is 6.99. The highest BCUT2D eigenvalue weighted by atomic mass is 35.5. The summed E-state index contributed by atoms with van der Waals surface area (Å²) in [5.41, 5.74) is -0.486. The van der Waals surface area contributed by atoms with Gasteiger partial charge in [-0.05, 0) is 61.7 Å². The lowest BCUT2D eigenvalue weighted by atomic mass is 10.2. The number of methoxy groups -OCH3 is 1. The topological polar surface area (TPSA) is 202 Å². The molecule has 52 heavy (non-hydrogen) atoms. The second kappa shape index (κ2) is 20.0. The van der Waals surface area contributed by atoms with E-state index in [1.807, 2.05) is 6.92 Å². The van der Waals surface area contributed by atoms with Crippen LogP contribution in [0.15, 0.2) is 116 Å². The molecule has 15 nitrogen and oxygen atoms in total. The van der Waals surface area contributed by atoms with Crippen LogP contribution in [0.25, 0.3) is 0 Å². The van der Waals surface area contributed by atoms with Crippen molar-refractivity contribution in [1.82, 2.24) is 29.1 Å². The first-order valence-electron chi connectivity index (χ1n) is 15.9. The summed E-state index contributed by atoms with van der Waals surface area (Å²) in [6.07, 6.45) is 10.9. The summed E-state index contributed by atoms with van der Waals surface area (Å²) in [6, 6.07) is 13.7. The Balaban J connectivity index is 0.000000236. The van der Waals surface area contributed by atoms with Crippen LogP contribution in [0, 0.1) is 0 Å². The number of aromatic nitrogens is 6. The molecule has 5 aromatic rings. The number of hydrogen-bond donors (Lipinski definition) is 1. The van der Waals surface area contributed by atoms with Crippen molar-refractivity contribution in [3.8, 4) is 11.5 Å². The van der Waals surface area contributed by atoms with Gasteiger partial charge in [-0.15, -0.1) is 0 Å². The molecule has 0 aliphatic rings. The van der Waals surface area contributed by atoms with Crippen molar-refractivity contribution in [3.05, 3.63) is 134 Å². The molecule has 0 atom stereocenters. The molecular weight excluding hydrogens is 736 g/mol. The van der Waals surface area contributed by atoms with Gasteiger partial charge in [0.1, 0.15) is 18.1 Å². The van der Waals surface area contributed by atoms with Crippen molar-refractivity contribution >= 4 is 31.3 Å². The van der Waals surface area contributed by atoms with Crippen LogP contribution in [0.2, 0.25) is 5.02 Å². The quantitative estimate of drug-likeness (QED) is 0.183. The van der Waals surface area contributed by atoms with E-state index in [1.165, 1.54) is 52.5 Å². The standard InChI is InChI=1S/C15H17ClN2O3S.C15H18N2O5S.C4H4N2O/c1-2-9-18-10-8-17-14(15(18)19)22(20,21)11-7-12-3-5-13(16)6-4-12;1-3-17-9-8-16-14(15(17)18)23(19,20)11-10-22-13-6-4-12(21-2)5-7-13;7-4-3-5-1-2-6-4/h3-6,8,10H,2,7,9,11H2,1H3;4-9H,3,10-11H2,1-2H3;1-3H,(H,6,7). The van der Waals surface area contributed by atoms with Gasteiger partial charge in [-0.3, -0.25) is 19.4 Å². The summed E-state index contributed by atoms with van der Waals surface area (Å²) in [4.78, 5) is 47.8. The zero-order valence-corrected chi connectivity index (χ0v) is 31.1. The van der Waals surface area contributed by atoms with Crippen LogP contribution in [-0.2, 0) is 39.2 Å². The average Bonchev–Trinajstić information content (AvgIpc) is 3.13. The lowest BCUT2D eigenvalue weighted by Crippen LogP contribution is -2.29. The molecule has 3 aromatic heterocycles. The Morgan fingerprint density at radius 3 is 1.87 bits per heavy atom. The molecule has 0 aliphatic carbocycles. The zero-order valence-electron chi connectivity index (χ0n) is 28.7. The highest BCUT2D eigenvalue weighted by Gasteiger charge is 2.22. The van der Waals surface area contributed by atoms with E-state index in [2.05, 4.69) is 19.9 Å². The van der Waals surface area contributed by atoms with Crippen LogP contribution >= 0.6 is 11.6 Å². The van der Waals surface area contributed by atoms with E-state index in [0.717, 1.165) is 12.0 Å². The lowest BCUT2D eigenvalue weighted by molar-refractivity contribution is 0.339. The van der Waals surface area contributed by atoms with Gasteiger partial charge in [0.15, 0.2) is 0 Å². The summed E-state index contributed by atoms with van der Waals surface area (Å²) in [5.74, 6) is 0.716. The number of sulfone groups is 2. The average molecular weight is 775 g/mol. The summed E-state index contributed by atoms with van der Waals surface area (Å²) >= 11 is 5.79. The number of benzene rings is 2. The number of aryl methyl sites for hydroxylation is 3. The SMILES string of the molecule is CCCn1ccnc(S(=O)(=O)CCc2ccc(Cl)cc2)c1=O.CCn1ccnc(S(=O)(=O)CCOc2ccc(OC)cc2)c1=O.O=c1cncc[nH]1. The minimum Gasteiger partial charge on any atom is -0.497 e. The summed E-state index contributed by atoms with van der Waals surface area (Å²) in [5, 5.41) is -0.226. The molecule has 1 N–H and O–H groups in total. The molecule has 278 valence electrons. The number of ether oxygens (including phenoxy) is 2. The van der Waals surface area contributed by atoms with Crippen LogP contribution in [0.1, 0.15) is 25.8 Å². The smallest absolute Gasteiger partial charge is 0.288 e. The summed E-state index contributed by atoms with van der Waals surface area (Å²) < 4.78 is 62.3. The molecule has 0 aliphatic heterocycles. The van der Waals surface area contributed by atoms with Crippen LogP contribution in [0.5, 0.6) is 11.5 Å². The van der Waals surface area contributed by atoms with Crippen LogP contribution in [0.4, 0.5) is 0 Å². The van der Waals surface area contributed by atoms with Gasteiger partial charge >= 0.3 is 0 Å². The number of rotatable bonds is 13. The number of halogens is 1. The number of aromatic amines is 1. The van der Waals surface area contributed by atoms with Gasteiger partial charge in [0, 0.05) is 55.3 Å². The molecule has 3 heterocycles. The molecule has 0 fully saturated rings. The lowest BCUT2D eigenvalue weighted by Gasteiger charge is -2.08. The van der Waals surface area contributed by atoms with Crippen LogP contribution < -0.4 is 26.2 Å². The minimum absolute atomic E-state index is 0.0726. The molecule has 0 amide bonds. The molecule has 0 bridgehead atoms. The fraction of sp³-hybridized carbons (Fsp3) is 0.294. The van der Waals surface area contributed by atoms with Crippen molar-refractivity contribution in [2.75, 3.05) is 25.2 Å². The maximum Gasteiger partial charge on any atom is 0.288 e. The van der Waals surface area contributed by atoms with E-state index in [4.69, 9.17) is 21.1 Å². The third-order valence-corrected chi connectivity index (χ3v) is 10.4. The predicted molar refractivity (Wildman–Crippen MR) is 196 cm³/mol. The Kier molecular flexibility index (Phi) is 15.9. The Morgan fingerprint density at radius 1 is 0.769 bits per heavy atom. The van der Waals surface area contributed by atoms with Gasteiger partial charge in [-0.25, -0.2) is 26.8 Å². The van der Waals surface area contributed by atoms with Crippen LogP contribution in [-0.4, -0.2) is 71.1 Å². The van der Waals surface area contributed by atoms with Gasteiger partial charge in [-0.1, -0.05) is 30.7 Å². The van der Waals surface area contributed by atoms with E-state index >= 15 is 0 Å². The van der Waals surface area contributed by atoms with E-state index in [0.29, 0.717) is 36.0 Å². The van der Waals surface area contributed by atoms with Crippen molar-refractivity contribution in [3.63, 3.8) is 0 Å². The highest BCUT2D eigenvalue weighted by Crippen LogP contribution is 2.17. The fourth-order valence-electron chi connectivity index (χ4n) is 4.30. The highest BCUT2D eigenvalue weighted by molar-refractivity contribution is 7.91. The minimum atomic E-state index is -3.80. The predicted octanol–water partition coefficient (Wildman–Crippen LogP) is 3.22. The number of H-pyrrole nitrogens is 1. The normalized spacial score (nSPS) is 11.0. The fourth-order valence-corrected chi connectivity index (χ4v) is 6.82. The zero-order chi connectivity index (χ0) is 38.1. The summed E-state index contributed by atoms with van der Waals surface area (Å²) in [7, 11) is -5.96. The van der Waals surface area contributed by atoms with E-state index in [9.17, 15) is 31.2 Å². The van der Waals surface area contributed by atoms with E-state index in [1.54, 1.807) is 62.6 Å². The Bertz CT molecular complexity index is 2260. The van der Waals surface area contributed by atoms with Gasteiger partial charge in [0.25, 0.3) is 16.7 Å². The summed E-state index contributed by atoms with van der Waals surface area (Å²) in [6.45, 7) is 4.45. The maximum atomic E-state index is 12.3. The monoisotopic (exact) mass is 774 g/mol. The second-order valence-electron chi connectivity index (χ2n) is 10.7. The molecule has 18 heteroatoms. The Morgan fingerprint density at radius 2 is 1.35 bits per heavy atom. The molecular formula is C34H39ClN6O9S2. The molecule has 2 aromatic carbocycles. The first kappa shape index (κ1) is 41.3. The van der Waals surface area contributed by atoms with Crippen molar-refractivity contribution in [1.29, 1.82) is 0 Å². The first-order valence-corrected chi connectivity index (χ1v) is 19.6. The molecule has 5 rings (SSSR count). The molecule has 0 saturated heterocycles. The molecule has 0 unspecified atom stereocenters. The van der Waals surface area contributed by atoms with Crippen LogP contribution in [0.3, 0.4) is 0 Å². The molecule has 0 radical (unpaired) electrons.